The number of hydrogen-bond donors (Lipinski definition) is 3. The van der Waals surface area contributed by atoms with Crippen molar-refractivity contribution in [3.63, 3.8) is 0 Å². The minimum Gasteiger partial charge on any atom is -0.507 e. The molecule has 1 aliphatic rings. The van der Waals surface area contributed by atoms with Crippen molar-refractivity contribution in [1.29, 1.82) is 0 Å². The third-order valence-electron chi connectivity index (χ3n) is 6.25. The molecule has 9 nitrogen and oxygen atoms in total. The third-order valence-corrected chi connectivity index (χ3v) is 6.55. The number of rotatable bonds is 7. The van der Waals surface area contributed by atoms with Gasteiger partial charge in [-0.2, -0.15) is 4.98 Å². The first-order valence-electron chi connectivity index (χ1n) is 11.9. The van der Waals surface area contributed by atoms with Gasteiger partial charge in [-0.25, -0.2) is 13.8 Å². The van der Waals surface area contributed by atoms with Crippen LogP contribution in [0.1, 0.15) is 19.8 Å². The molecule has 1 fully saturated rings. The van der Waals surface area contributed by atoms with Crippen LogP contribution in [0.2, 0.25) is 5.02 Å². The van der Waals surface area contributed by atoms with E-state index in [1.165, 1.54) is 25.2 Å². The molecule has 3 N–H and O–H groups in total. The lowest BCUT2D eigenvalue weighted by Gasteiger charge is -2.36. The zero-order valence-corrected chi connectivity index (χ0v) is 21.2. The van der Waals surface area contributed by atoms with Gasteiger partial charge in [-0.3, -0.25) is 9.59 Å². The van der Waals surface area contributed by atoms with Crippen LogP contribution < -0.4 is 15.5 Å². The fraction of sp³-hybridized carbons (Fsp3) is 0.360. The van der Waals surface area contributed by atoms with E-state index >= 15 is 4.39 Å². The molecule has 1 saturated heterocycles. The van der Waals surface area contributed by atoms with Gasteiger partial charge in [0.05, 0.1) is 10.6 Å². The predicted octanol–water partition coefficient (Wildman–Crippen LogP) is 3.54. The number of hydrogen-bond acceptors (Lipinski definition) is 7. The van der Waals surface area contributed by atoms with Crippen LogP contribution in [0.4, 0.5) is 20.5 Å². The van der Waals surface area contributed by atoms with Crippen molar-refractivity contribution < 1.29 is 23.5 Å². The predicted molar refractivity (Wildman–Crippen MR) is 138 cm³/mol. The van der Waals surface area contributed by atoms with E-state index in [4.69, 9.17) is 11.6 Å². The summed E-state index contributed by atoms with van der Waals surface area (Å²) in [5.74, 6) is -1.90. The first-order valence-corrected chi connectivity index (χ1v) is 12.3. The highest BCUT2D eigenvalue weighted by atomic mass is 35.5. The number of nitrogens with one attached hydrogen (secondary N) is 2. The Morgan fingerprint density at radius 3 is 2.51 bits per heavy atom. The van der Waals surface area contributed by atoms with Crippen molar-refractivity contribution in [2.45, 2.75) is 19.8 Å². The molecule has 4 rings (SSSR count). The molecular weight excluding hydrogens is 506 g/mol. The normalized spacial score (nSPS) is 13.6. The molecule has 196 valence electrons. The molecule has 0 bridgehead atoms. The average Bonchev–Trinajstić information content (AvgIpc) is 2.89. The summed E-state index contributed by atoms with van der Waals surface area (Å²) in [5.41, 5.74) is -0.807. The minimum atomic E-state index is -0.916. The van der Waals surface area contributed by atoms with E-state index in [0.717, 1.165) is 6.07 Å². The molecule has 0 saturated carbocycles. The van der Waals surface area contributed by atoms with E-state index in [0.29, 0.717) is 43.8 Å². The number of amides is 2. The molecule has 0 unspecified atom stereocenters. The number of phenolic OH excluding ortho intramolecular Hbond substituents is 1. The number of halogens is 3. The standard InChI is InChI=1S/C25H27ClF2N6O3/c1-3-19(37)33-9-11-34(12-10-33)24-14-13-15(26)20(21-16(27)5-4-6-17(21)35)22(28)23(14)31-25(32-24)30-8-7-18(36)29-2/h4-6,13,35H,3,7-12H2,1-2H3,(H,29,36)(H,30,31,32). The Hall–Kier alpha value is -3.73. The Morgan fingerprint density at radius 2 is 1.86 bits per heavy atom. The number of phenols is 1. The summed E-state index contributed by atoms with van der Waals surface area (Å²) < 4.78 is 30.6. The van der Waals surface area contributed by atoms with Crippen LogP contribution in [0.25, 0.3) is 22.0 Å². The monoisotopic (exact) mass is 532 g/mol. The zero-order valence-electron chi connectivity index (χ0n) is 20.4. The van der Waals surface area contributed by atoms with Gasteiger partial charge < -0.3 is 25.5 Å². The highest BCUT2D eigenvalue weighted by molar-refractivity contribution is 6.34. The van der Waals surface area contributed by atoms with Crippen LogP contribution in [0.5, 0.6) is 5.75 Å². The lowest BCUT2D eigenvalue weighted by molar-refractivity contribution is -0.131. The number of anilines is 2. The maximum atomic E-state index is 16.0. The summed E-state index contributed by atoms with van der Waals surface area (Å²) in [5, 5.41) is 15.9. The van der Waals surface area contributed by atoms with Gasteiger partial charge in [-0.15, -0.1) is 0 Å². The number of nitrogens with zero attached hydrogens (tertiary/aromatic N) is 4. The van der Waals surface area contributed by atoms with E-state index in [-0.39, 0.29) is 52.4 Å². The maximum Gasteiger partial charge on any atom is 0.225 e. The zero-order chi connectivity index (χ0) is 26.7. The van der Waals surface area contributed by atoms with Gasteiger partial charge in [0.2, 0.25) is 17.8 Å². The molecule has 1 aliphatic heterocycles. The number of fused-ring (bicyclic) bond motifs is 1. The van der Waals surface area contributed by atoms with Crippen molar-refractivity contribution in [1.82, 2.24) is 20.2 Å². The van der Waals surface area contributed by atoms with Crippen molar-refractivity contribution in [3.05, 3.63) is 40.9 Å². The Balaban J connectivity index is 1.82. The van der Waals surface area contributed by atoms with E-state index in [2.05, 4.69) is 20.6 Å². The number of benzene rings is 2. The maximum absolute atomic E-state index is 16.0. The first-order chi connectivity index (χ1) is 17.7. The molecule has 2 aromatic carbocycles. The summed E-state index contributed by atoms with van der Waals surface area (Å²) in [6, 6.07) is 5.10. The summed E-state index contributed by atoms with van der Waals surface area (Å²) in [7, 11) is 1.52. The van der Waals surface area contributed by atoms with Gasteiger partial charge in [0.25, 0.3) is 0 Å². The number of carbonyl (C=O) groups is 2. The first kappa shape index (κ1) is 26.3. The topological polar surface area (TPSA) is 111 Å². The SMILES string of the molecule is CCC(=O)N1CCN(c2nc(NCCC(=O)NC)nc3c(F)c(-c4c(O)cccc4F)c(Cl)cc23)CC1. The lowest BCUT2D eigenvalue weighted by Crippen LogP contribution is -2.49. The molecule has 0 aliphatic carbocycles. The van der Waals surface area contributed by atoms with Crippen molar-refractivity contribution in [2.75, 3.05) is 50.0 Å². The summed E-state index contributed by atoms with van der Waals surface area (Å²) in [6.07, 6.45) is 0.546. The minimum absolute atomic E-state index is 0.0483. The number of piperazine rings is 1. The van der Waals surface area contributed by atoms with Gasteiger partial charge in [0.1, 0.15) is 22.9 Å². The highest BCUT2D eigenvalue weighted by Crippen LogP contribution is 2.42. The van der Waals surface area contributed by atoms with Crippen molar-refractivity contribution >= 4 is 46.1 Å². The second-order valence-electron chi connectivity index (χ2n) is 8.52. The molecule has 0 spiro atoms. The van der Waals surface area contributed by atoms with E-state index in [1.54, 1.807) is 11.8 Å². The molecule has 0 radical (unpaired) electrons. The molecule has 37 heavy (non-hydrogen) atoms. The van der Waals surface area contributed by atoms with Crippen molar-refractivity contribution in [2.24, 2.45) is 0 Å². The molecule has 0 atom stereocenters. The van der Waals surface area contributed by atoms with Crippen LogP contribution in [0.15, 0.2) is 24.3 Å². The molecule has 2 heterocycles. The van der Waals surface area contributed by atoms with Crippen LogP contribution in [-0.4, -0.2) is 71.6 Å². The van der Waals surface area contributed by atoms with Gasteiger partial charge >= 0.3 is 0 Å². The fourth-order valence-electron chi connectivity index (χ4n) is 4.29. The highest BCUT2D eigenvalue weighted by Gasteiger charge is 2.27. The Bertz CT molecular complexity index is 1330. The molecule has 2 amide bonds. The van der Waals surface area contributed by atoms with Gasteiger partial charge in [0.15, 0.2) is 5.82 Å². The van der Waals surface area contributed by atoms with E-state index < -0.39 is 17.4 Å². The van der Waals surface area contributed by atoms with Gasteiger partial charge in [0, 0.05) is 63.6 Å². The smallest absolute Gasteiger partial charge is 0.225 e. The molecule has 3 aromatic rings. The van der Waals surface area contributed by atoms with Crippen LogP contribution in [0, 0.1) is 11.6 Å². The van der Waals surface area contributed by atoms with E-state index in [1.807, 2.05) is 4.90 Å². The molecular formula is C25H27ClF2N6O3. The number of aromatic hydroxyl groups is 1. The van der Waals surface area contributed by atoms with Crippen molar-refractivity contribution in [3.8, 4) is 16.9 Å². The van der Waals surface area contributed by atoms with Crippen LogP contribution >= 0.6 is 11.6 Å². The third kappa shape index (κ3) is 5.36. The Morgan fingerprint density at radius 1 is 1.14 bits per heavy atom. The number of carbonyl (C=O) groups excluding carboxylic acids is 2. The Kier molecular flexibility index (Phi) is 7.91. The molecule has 12 heteroatoms. The quantitative estimate of drug-likeness (QED) is 0.427. The van der Waals surface area contributed by atoms with Crippen LogP contribution in [0.3, 0.4) is 0 Å². The summed E-state index contributed by atoms with van der Waals surface area (Å²) in [4.78, 5) is 36.3. The number of aromatic nitrogens is 2. The second-order valence-corrected chi connectivity index (χ2v) is 8.93. The fourth-order valence-corrected chi connectivity index (χ4v) is 4.58. The largest absolute Gasteiger partial charge is 0.507 e. The Labute approximate surface area is 217 Å². The van der Waals surface area contributed by atoms with Crippen LogP contribution in [-0.2, 0) is 9.59 Å². The van der Waals surface area contributed by atoms with E-state index in [9.17, 15) is 19.1 Å². The van der Waals surface area contributed by atoms with Gasteiger partial charge in [-0.05, 0) is 18.2 Å². The molecule has 1 aromatic heterocycles. The second kappa shape index (κ2) is 11.1. The summed E-state index contributed by atoms with van der Waals surface area (Å²) >= 11 is 6.45. The average molecular weight is 533 g/mol. The van der Waals surface area contributed by atoms with Gasteiger partial charge in [-0.1, -0.05) is 24.6 Å². The summed E-state index contributed by atoms with van der Waals surface area (Å²) in [6.45, 7) is 3.83. The lowest BCUT2D eigenvalue weighted by atomic mass is 10.0.